The van der Waals surface area contributed by atoms with Crippen LogP contribution in [0.3, 0.4) is 0 Å². The second-order valence-corrected chi connectivity index (χ2v) is 7.44. The van der Waals surface area contributed by atoms with Crippen molar-refractivity contribution in [2.24, 2.45) is 5.41 Å². The van der Waals surface area contributed by atoms with Gasteiger partial charge in [0, 0.05) is 0 Å². The van der Waals surface area contributed by atoms with Crippen molar-refractivity contribution in [3.05, 3.63) is 0 Å². The van der Waals surface area contributed by atoms with Gasteiger partial charge in [0.1, 0.15) is 0 Å². The normalized spacial score (nSPS) is 11.2. The molecule has 0 bridgehead atoms. The third kappa shape index (κ3) is 12.0. The monoisotopic (exact) mass is 364 g/mol. The Labute approximate surface area is 172 Å². The van der Waals surface area contributed by atoms with Crippen LogP contribution in [-0.4, -0.2) is 41.0 Å². The van der Waals surface area contributed by atoms with Crippen molar-refractivity contribution in [2.75, 3.05) is 0 Å². The molecular formula is C21H41LiO4. The van der Waals surface area contributed by atoms with Gasteiger partial charge < -0.3 is 10.2 Å². The van der Waals surface area contributed by atoms with E-state index >= 15 is 0 Å². The molecule has 2 N–H and O–H groups in total. The summed E-state index contributed by atoms with van der Waals surface area (Å²) in [5.74, 6) is -2.32. The standard InChI is InChI=1S/C21H40O4.Li.H/c1-3-5-7-9-10-11-12-13-14-16-18-21(19(22)23,20(24)25)17-15-8-6-4-2;;/h3-18H2,1-2H3,(H,22,23)(H,24,25);;. The van der Waals surface area contributed by atoms with Crippen LogP contribution in [0.4, 0.5) is 0 Å². The first kappa shape index (κ1) is 27.8. The van der Waals surface area contributed by atoms with Gasteiger partial charge in [0.05, 0.1) is 0 Å². The van der Waals surface area contributed by atoms with Gasteiger partial charge in [-0.3, -0.25) is 9.59 Å². The molecule has 0 atom stereocenters. The van der Waals surface area contributed by atoms with Crippen LogP contribution in [0, 0.1) is 5.41 Å². The SMILES string of the molecule is CCCCCCCCCCCCC(CCCCCC)(C(=O)O)C(=O)O.[LiH]. The summed E-state index contributed by atoms with van der Waals surface area (Å²) in [7, 11) is 0. The molecule has 0 rings (SSSR count). The van der Waals surface area contributed by atoms with Gasteiger partial charge in [-0.2, -0.15) is 0 Å². The summed E-state index contributed by atoms with van der Waals surface area (Å²) in [5, 5.41) is 19.0. The van der Waals surface area contributed by atoms with Crippen molar-refractivity contribution in [1.82, 2.24) is 0 Å². The molecule has 0 fully saturated rings. The van der Waals surface area contributed by atoms with E-state index in [1.165, 1.54) is 44.9 Å². The van der Waals surface area contributed by atoms with Gasteiger partial charge >= 0.3 is 30.8 Å². The first-order chi connectivity index (χ1) is 12.0. The predicted molar refractivity (Wildman–Crippen MR) is 110 cm³/mol. The fraction of sp³-hybridized carbons (Fsp3) is 0.905. The molecule has 26 heavy (non-hydrogen) atoms. The fourth-order valence-electron chi connectivity index (χ4n) is 3.41. The summed E-state index contributed by atoms with van der Waals surface area (Å²) >= 11 is 0. The topological polar surface area (TPSA) is 74.6 Å². The van der Waals surface area contributed by atoms with Gasteiger partial charge in [-0.1, -0.05) is 104 Å². The van der Waals surface area contributed by atoms with Crippen LogP contribution in [0.25, 0.3) is 0 Å². The number of carboxylic acids is 2. The number of rotatable bonds is 18. The van der Waals surface area contributed by atoms with E-state index in [2.05, 4.69) is 13.8 Å². The first-order valence-corrected chi connectivity index (χ1v) is 10.5. The average molecular weight is 364 g/mol. The van der Waals surface area contributed by atoms with Crippen molar-refractivity contribution in [2.45, 2.75) is 117 Å². The molecular weight excluding hydrogens is 323 g/mol. The Bertz CT molecular complexity index is 344. The van der Waals surface area contributed by atoms with Crippen molar-refractivity contribution >= 4 is 30.8 Å². The zero-order valence-corrected chi connectivity index (χ0v) is 16.5. The Morgan fingerprint density at radius 2 is 0.846 bits per heavy atom. The molecule has 0 aliphatic carbocycles. The predicted octanol–water partition coefficient (Wildman–Crippen LogP) is 5.77. The van der Waals surface area contributed by atoms with Gasteiger partial charge in [-0.05, 0) is 12.8 Å². The second-order valence-electron chi connectivity index (χ2n) is 7.44. The Balaban J connectivity index is 0. The van der Waals surface area contributed by atoms with Crippen molar-refractivity contribution in [3.63, 3.8) is 0 Å². The van der Waals surface area contributed by atoms with Crippen LogP contribution < -0.4 is 0 Å². The molecule has 0 radical (unpaired) electrons. The van der Waals surface area contributed by atoms with Gasteiger partial charge in [0.25, 0.3) is 0 Å². The van der Waals surface area contributed by atoms with Gasteiger partial charge in [-0.25, -0.2) is 0 Å². The molecule has 0 saturated carbocycles. The molecule has 0 saturated heterocycles. The number of hydrogen-bond acceptors (Lipinski definition) is 2. The minimum absolute atomic E-state index is 0. The molecule has 0 spiro atoms. The van der Waals surface area contributed by atoms with Crippen LogP contribution in [0.5, 0.6) is 0 Å². The van der Waals surface area contributed by atoms with Gasteiger partial charge in [-0.15, -0.1) is 0 Å². The van der Waals surface area contributed by atoms with Crippen LogP contribution in [0.15, 0.2) is 0 Å². The second kappa shape index (κ2) is 17.9. The van der Waals surface area contributed by atoms with E-state index < -0.39 is 17.4 Å². The summed E-state index contributed by atoms with van der Waals surface area (Å²) in [6, 6.07) is 0. The maximum atomic E-state index is 11.6. The Morgan fingerprint density at radius 1 is 0.577 bits per heavy atom. The molecule has 4 nitrogen and oxygen atoms in total. The molecule has 0 amide bonds. The van der Waals surface area contributed by atoms with E-state index in [1.807, 2.05) is 0 Å². The summed E-state index contributed by atoms with van der Waals surface area (Å²) in [6.45, 7) is 4.31. The van der Waals surface area contributed by atoms with E-state index in [4.69, 9.17) is 0 Å². The van der Waals surface area contributed by atoms with Crippen LogP contribution in [0.1, 0.15) is 117 Å². The van der Waals surface area contributed by atoms with Crippen LogP contribution in [0.2, 0.25) is 0 Å². The summed E-state index contributed by atoms with van der Waals surface area (Å²) < 4.78 is 0. The molecule has 0 aliphatic rings. The zero-order valence-electron chi connectivity index (χ0n) is 16.5. The maximum absolute atomic E-state index is 11.6. The number of carboxylic acid groups (broad SMARTS) is 2. The minimum atomic E-state index is -1.58. The molecule has 0 aromatic carbocycles. The molecule has 150 valence electrons. The number of aliphatic carboxylic acids is 2. The quantitative estimate of drug-likeness (QED) is 0.184. The van der Waals surface area contributed by atoms with E-state index in [-0.39, 0.29) is 31.7 Å². The molecule has 0 heterocycles. The van der Waals surface area contributed by atoms with Crippen molar-refractivity contribution < 1.29 is 19.8 Å². The Kier molecular flexibility index (Phi) is 19.1. The third-order valence-electron chi connectivity index (χ3n) is 5.23. The average Bonchev–Trinajstić information content (AvgIpc) is 2.57. The summed E-state index contributed by atoms with van der Waals surface area (Å²) in [6.07, 6.45) is 15.9. The molecule has 0 aromatic heterocycles. The first-order valence-electron chi connectivity index (χ1n) is 10.5. The van der Waals surface area contributed by atoms with Crippen molar-refractivity contribution in [1.29, 1.82) is 0 Å². The fourth-order valence-corrected chi connectivity index (χ4v) is 3.41. The van der Waals surface area contributed by atoms with Gasteiger partial charge in [0.2, 0.25) is 0 Å². The van der Waals surface area contributed by atoms with E-state index in [0.29, 0.717) is 12.8 Å². The number of unbranched alkanes of at least 4 members (excludes halogenated alkanes) is 12. The molecule has 0 unspecified atom stereocenters. The van der Waals surface area contributed by atoms with Crippen LogP contribution in [-0.2, 0) is 9.59 Å². The molecule has 5 heteroatoms. The zero-order chi connectivity index (χ0) is 19.0. The van der Waals surface area contributed by atoms with E-state index in [0.717, 1.165) is 32.1 Å². The van der Waals surface area contributed by atoms with Crippen molar-refractivity contribution in [3.8, 4) is 0 Å². The summed E-state index contributed by atoms with van der Waals surface area (Å²) in [5.41, 5.74) is -1.58. The third-order valence-corrected chi connectivity index (χ3v) is 5.23. The summed E-state index contributed by atoms with van der Waals surface area (Å²) in [4.78, 5) is 23.3. The van der Waals surface area contributed by atoms with E-state index in [9.17, 15) is 19.8 Å². The molecule has 0 aromatic rings. The Hall–Kier alpha value is -0.463. The van der Waals surface area contributed by atoms with Gasteiger partial charge in [0.15, 0.2) is 5.41 Å². The number of hydrogen-bond donors (Lipinski definition) is 2. The Morgan fingerprint density at radius 3 is 1.15 bits per heavy atom. The number of carbonyl (C=O) groups is 2. The molecule has 0 aliphatic heterocycles. The van der Waals surface area contributed by atoms with E-state index in [1.54, 1.807) is 0 Å². The van der Waals surface area contributed by atoms with Crippen LogP contribution >= 0.6 is 0 Å².